The van der Waals surface area contributed by atoms with Crippen LogP contribution in [0.4, 0.5) is 4.39 Å². The number of aromatic nitrogens is 2. The summed E-state index contributed by atoms with van der Waals surface area (Å²) in [6.45, 7) is 8.03. The first-order chi connectivity index (χ1) is 12.6. The van der Waals surface area contributed by atoms with Crippen LogP contribution in [0.25, 0.3) is 21.7 Å². The molecule has 1 atom stereocenters. The van der Waals surface area contributed by atoms with E-state index in [-0.39, 0.29) is 23.4 Å². The van der Waals surface area contributed by atoms with Crippen LogP contribution in [0.2, 0.25) is 0 Å². The molecule has 3 aromatic rings. The molecule has 144 valence electrons. The lowest BCUT2D eigenvalue weighted by atomic mass is 9.93. The van der Waals surface area contributed by atoms with Gasteiger partial charge in [0, 0.05) is 24.2 Å². The number of rotatable bonds is 5. The number of hydrogen-bond donors (Lipinski definition) is 1. The molecule has 0 saturated heterocycles. The average Bonchev–Trinajstić information content (AvgIpc) is 2.57. The van der Waals surface area contributed by atoms with Crippen LogP contribution >= 0.6 is 0 Å². The Morgan fingerprint density at radius 2 is 2.00 bits per heavy atom. The van der Waals surface area contributed by atoms with Crippen LogP contribution in [0.15, 0.2) is 29.2 Å². The average molecular weight is 371 g/mol. The molecule has 5 nitrogen and oxygen atoms in total. The molecule has 27 heavy (non-hydrogen) atoms. The second kappa shape index (κ2) is 6.93. The molecular weight excluding hydrogens is 345 g/mol. The molecule has 0 aliphatic rings. The summed E-state index contributed by atoms with van der Waals surface area (Å²) in [6.07, 6.45) is 2.39. The Morgan fingerprint density at radius 3 is 2.67 bits per heavy atom. The Bertz CT molecular complexity index is 1070. The van der Waals surface area contributed by atoms with Crippen LogP contribution < -0.4 is 16.0 Å². The summed E-state index contributed by atoms with van der Waals surface area (Å²) in [4.78, 5) is 17.0. The molecule has 0 aliphatic heterocycles. The number of nitrogens with zero attached hydrogens (tertiary/aromatic N) is 2. The summed E-state index contributed by atoms with van der Waals surface area (Å²) in [5.74, 6) is -0.0408. The highest BCUT2D eigenvalue weighted by Gasteiger charge is 2.23. The molecule has 0 radical (unpaired) electrons. The summed E-state index contributed by atoms with van der Waals surface area (Å²) < 4.78 is 22.3. The summed E-state index contributed by atoms with van der Waals surface area (Å²) in [5.41, 5.74) is 6.28. The van der Waals surface area contributed by atoms with E-state index in [4.69, 9.17) is 10.5 Å². The molecule has 2 aromatic heterocycles. The third kappa shape index (κ3) is 3.54. The van der Waals surface area contributed by atoms with Gasteiger partial charge in [-0.05, 0) is 49.8 Å². The van der Waals surface area contributed by atoms with Crippen molar-refractivity contribution >= 4 is 21.7 Å². The lowest BCUT2D eigenvalue weighted by Gasteiger charge is -2.27. The molecule has 3 rings (SSSR count). The highest BCUT2D eigenvalue weighted by molar-refractivity contribution is 6.06. The molecule has 0 bridgehead atoms. The van der Waals surface area contributed by atoms with Gasteiger partial charge in [-0.15, -0.1) is 0 Å². The van der Waals surface area contributed by atoms with E-state index < -0.39 is 11.4 Å². The summed E-state index contributed by atoms with van der Waals surface area (Å²) >= 11 is 0. The maximum atomic E-state index is 15.2. The Labute approximate surface area is 158 Å². The third-order valence-electron chi connectivity index (χ3n) is 4.80. The van der Waals surface area contributed by atoms with Gasteiger partial charge in [-0.2, -0.15) is 0 Å². The van der Waals surface area contributed by atoms with E-state index in [0.717, 1.165) is 6.42 Å². The minimum atomic E-state index is -0.562. The fourth-order valence-electron chi connectivity index (χ4n) is 3.77. The number of aryl methyl sites for hydroxylation is 2. The molecule has 0 saturated carbocycles. The Morgan fingerprint density at radius 1 is 1.30 bits per heavy atom. The van der Waals surface area contributed by atoms with E-state index >= 15 is 4.39 Å². The molecule has 0 amide bonds. The van der Waals surface area contributed by atoms with E-state index in [0.29, 0.717) is 27.8 Å². The zero-order valence-electron chi connectivity index (χ0n) is 16.5. The zero-order chi connectivity index (χ0) is 19.9. The topological polar surface area (TPSA) is 70.1 Å². The number of nitrogens with two attached hydrogens (primary N) is 1. The van der Waals surface area contributed by atoms with Crippen molar-refractivity contribution in [2.45, 2.75) is 39.7 Å². The monoisotopic (exact) mass is 371 g/mol. The molecule has 0 aliphatic carbocycles. The fourth-order valence-corrected chi connectivity index (χ4v) is 3.77. The minimum Gasteiger partial charge on any atom is -0.489 e. The minimum absolute atomic E-state index is 0.100. The zero-order valence-corrected chi connectivity index (χ0v) is 16.5. The van der Waals surface area contributed by atoms with Gasteiger partial charge in [0.05, 0.1) is 16.6 Å². The van der Waals surface area contributed by atoms with Gasteiger partial charge in [-0.25, -0.2) is 4.39 Å². The Hall–Kier alpha value is -2.47. The maximum absolute atomic E-state index is 15.2. The van der Waals surface area contributed by atoms with Gasteiger partial charge in [0.25, 0.3) is 5.56 Å². The standard InChI is InChI=1S/C21H26FN3O2/c1-12(2)10-21(4,23)11-27-16-7-6-15-14-8-9-24-13(3)17(14)20(26)25(5)19(15)18(16)22/h6-9,12H,10-11,23H2,1-5H3. The first-order valence-corrected chi connectivity index (χ1v) is 9.10. The quantitative estimate of drug-likeness (QED) is 0.695. The number of benzene rings is 1. The van der Waals surface area contributed by atoms with Crippen molar-refractivity contribution in [2.24, 2.45) is 18.7 Å². The molecule has 2 heterocycles. The maximum Gasteiger partial charge on any atom is 0.260 e. The van der Waals surface area contributed by atoms with Crippen molar-refractivity contribution in [3.05, 3.63) is 46.3 Å². The largest absolute Gasteiger partial charge is 0.489 e. The van der Waals surface area contributed by atoms with Crippen molar-refractivity contribution < 1.29 is 9.13 Å². The number of fused-ring (bicyclic) bond motifs is 3. The fraction of sp³-hybridized carbons (Fsp3) is 0.429. The van der Waals surface area contributed by atoms with E-state index in [1.54, 1.807) is 38.4 Å². The Kier molecular flexibility index (Phi) is 4.95. The normalized spacial score (nSPS) is 14.1. The predicted octanol–water partition coefficient (Wildman–Crippen LogP) is 3.68. The van der Waals surface area contributed by atoms with Crippen LogP contribution in [0.3, 0.4) is 0 Å². The van der Waals surface area contributed by atoms with Crippen molar-refractivity contribution in [3.8, 4) is 5.75 Å². The molecule has 1 unspecified atom stereocenters. The summed E-state index contributed by atoms with van der Waals surface area (Å²) in [7, 11) is 1.56. The van der Waals surface area contributed by atoms with Crippen molar-refractivity contribution in [3.63, 3.8) is 0 Å². The first kappa shape index (κ1) is 19.3. The smallest absolute Gasteiger partial charge is 0.260 e. The van der Waals surface area contributed by atoms with Gasteiger partial charge in [0.1, 0.15) is 6.61 Å². The molecule has 6 heteroatoms. The SMILES string of the molecule is Cc1nccc2c1c(=O)n(C)c1c(F)c(OCC(C)(N)CC(C)C)ccc21. The predicted molar refractivity (Wildman–Crippen MR) is 107 cm³/mol. The third-order valence-corrected chi connectivity index (χ3v) is 4.80. The highest BCUT2D eigenvalue weighted by atomic mass is 19.1. The van der Waals surface area contributed by atoms with E-state index in [9.17, 15) is 4.79 Å². The van der Waals surface area contributed by atoms with Crippen LogP contribution in [0.1, 0.15) is 32.9 Å². The van der Waals surface area contributed by atoms with Crippen LogP contribution in [-0.4, -0.2) is 21.7 Å². The van der Waals surface area contributed by atoms with Gasteiger partial charge < -0.3 is 15.0 Å². The molecule has 2 N–H and O–H groups in total. The van der Waals surface area contributed by atoms with E-state index in [1.807, 2.05) is 6.92 Å². The van der Waals surface area contributed by atoms with Crippen LogP contribution in [-0.2, 0) is 7.05 Å². The Balaban J connectivity index is 2.12. The highest BCUT2D eigenvalue weighted by Crippen LogP contribution is 2.31. The molecule has 0 spiro atoms. The molecule has 1 aromatic carbocycles. The van der Waals surface area contributed by atoms with Gasteiger partial charge in [-0.3, -0.25) is 9.78 Å². The van der Waals surface area contributed by atoms with Crippen molar-refractivity contribution in [1.29, 1.82) is 0 Å². The first-order valence-electron chi connectivity index (χ1n) is 9.10. The number of pyridine rings is 2. The number of halogens is 1. The lowest BCUT2D eigenvalue weighted by molar-refractivity contribution is 0.200. The number of ether oxygens (including phenoxy) is 1. The number of hydrogen-bond acceptors (Lipinski definition) is 4. The lowest BCUT2D eigenvalue weighted by Crippen LogP contribution is -2.43. The van der Waals surface area contributed by atoms with Crippen molar-refractivity contribution in [2.75, 3.05) is 6.61 Å². The van der Waals surface area contributed by atoms with Crippen molar-refractivity contribution in [1.82, 2.24) is 9.55 Å². The summed E-state index contributed by atoms with van der Waals surface area (Å²) in [5, 5.41) is 1.85. The second-order valence-electron chi connectivity index (χ2n) is 8.00. The van der Waals surface area contributed by atoms with Crippen LogP contribution in [0.5, 0.6) is 5.75 Å². The van der Waals surface area contributed by atoms with Gasteiger partial charge in [-0.1, -0.05) is 13.8 Å². The molecular formula is C21H26FN3O2. The van der Waals surface area contributed by atoms with Gasteiger partial charge in [0.15, 0.2) is 11.6 Å². The van der Waals surface area contributed by atoms with E-state index in [1.165, 1.54) is 4.57 Å². The van der Waals surface area contributed by atoms with Gasteiger partial charge >= 0.3 is 0 Å². The van der Waals surface area contributed by atoms with Crippen LogP contribution in [0, 0.1) is 18.7 Å². The summed E-state index contributed by atoms with van der Waals surface area (Å²) in [6, 6.07) is 5.12. The van der Waals surface area contributed by atoms with E-state index in [2.05, 4.69) is 18.8 Å². The second-order valence-corrected chi connectivity index (χ2v) is 8.00. The van der Waals surface area contributed by atoms with Gasteiger partial charge in [0.2, 0.25) is 0 Å². The molecule has 0 fully saturated rings.